The Hall–Kier alpha value is -2.98. The summed E-state index contributed by atoms with van der Waals surface area (Å²) in [7, 11) is 1.20. The molecule has 1 N–H and O–H groups in total. The van der Waals surface area contributed by atoms with Crippen molar-refractivity contribution >= 4 is 5.97 Å². The summed E-state index contributed by atoms with van der Waals surface area (Å²) in [6.45, 7) is -0.311. The van der Waals surface area contributed by atoms with E-state index >= 15 is 0 Å². The molecule has 1 unspecified atom stereocenters. The molecule has 1 fully saturated rings. The Morgan fingerprint density at radius 1 is 1.26 bits per heavy atom. The van der Waals surface area contributed by atoms with E-state index < -0.39 is 29.7 Å². The molecule has 0 amide bonds. The van der Waals surface area contributed by atoms with Crippen LogP contribution in [0, 0.1) is 0 Å². The Labute approximate surface area is 176 Å². The number of esters is 1. The van der Waals surface area contributed by atoms with Crippen molar-refractivity contribution < 1.29 is 37.3 Å². The van der Waals surface area contributed by atoms with Crippen LogP contribution in [-0.2, 0) is 20.8 Å². The van der Waals surface area contributed by atoms with Crippen molar-refractivity contribution in [2.75, 3.05) is 33.4 Å². The highest BCUT2D eigenvalue weighted by Crippen LogP contribution is 2.35. The number of hydrogen-bond acceptors (Lipinski definition) is 8. The molecule has 168 valence electrons. The molecule has 1 aromatic heterocycles. The first kappa shape index (κ1) is 22.7. The molecule has 1 aromatic carbocycles. The quantitative estimate of drug-likeness (QED) is 0.627. The van der Waals surface area contributed by atoms with E-state index in [1.807, 2.05) is 4.90 Å². The zero-order chi connectivity index (χ0) is 22.4. The number of nitrogens with zero attached hydrogens (tertiary/aromatic N) is 1. The van der Waals surface area contributed by atoms with Crippen molar-refractivity contribution in [2.24, 2.45) is 0 Å². The van der Waals surface area contributed by atoms with Crippen molar-refractivity contribution in [3.8, 4) is 11.5 Å². The van der Waals surface area contributed by atoms with Crippen LogP contribution >= 0.6 is 0 Å². The summed E-state index contributed by atoms with van der Waals surface area (Å²) in [6, 6.07) is 6.84. The third-order valence-corrected chi connectivity index (χ3v) is 4.88. The zero-order valence-electron chi connectivity index (χ0n) is 16.9. The zero-order valence-corrected chi connectivity index (χ0v) is 16.9. The maximum absolute atomic E-state index is 12.6. The third kappa shape index (κ3) is 6.02. The van der Waals surface area contributed by atoms with Crippen LogP contribution in [0.5, 0.6) is 11.5 Å². The number of halogens is 2. The van der Waals surface area contributed by atoms with E-state index in [4.69, 9.17) is 13.9 Å². The second kappa shape index (κ2) is 10.4. The molecule has 0 spiro atoms. The summed E-state index contributed by atoms with van der Waals surface area (Å²) in [4.78, 5) is 26.5. The standard InChI is InChI=1S/C21H23F2NO7/c1-28-18(26)11-16(13-3-2-4-14(9-13)31-21(22)23)20-19(27)17(25)10-15(30-20)12-24-5-7-29-8-6-24/h2-4,9-10,16,21,27H,5-8,11-12H2,1H3. The molecule has 0 bridgehead atoms. The van der Waals surface area contributed by atoms with Crippen LogP contribution in [0.25, 0.3) is 0 Å². The monoisotopic (exact) mass is 439 g/mol. The number of ether oxygens (including phenoxy) is 3. The van der Waals surface area contributed by atoms with Crippen LogP contribution in [0.4, 0.5) is 8.78 Å². The summed E-state index contributed by atoms with van der Waals surface area (Å²) in [5.74, 6) is -2.21. The van der Waals surface area contributed by atoms with Gasteiger partial charge < -0.3 is 23.7 Å². The molecule has 3 rings (SSSR count). The maximum Gasteiger partial charge on any atom is 0.387 e. The van der Waals surface area contributed by atoms with Gasteiger partial charge in [0.05, 0.1) is 39.2 Å². The second-order valence-corrected chi connectivity index (χ2v) is 6.96. The normalized spacial score (nSPS) is 15.6. The Balaban J connectivity index is 2.00. The topological polar surface area (TPSA) is 98.4 Å². The van der Waals surface area contributed by atoms with Crippen LogP contribution in [-0.4, -0.2) is 56.0 Å². The van der Waals surface area contributed by atoms with E-state index in [9.17, 15) is 23.5 Å². The molecule has 0 saturated carbocycles. The molecule has 0 aliphatic carbocycles. The third-order valence-electron chi connectivity index (χ3n) is 4.88. The lowest BCUT2D eigenvalue weighted by molar-refractivity contribution is -0.141. The molecule has 2 heterocycles. The highest BCUT2D eigenvalue weighted by molar-refractivity contribution is 5.71. The molecular formula is C21H23F2NO7. The summed E-state index contributed by atoms with van der Waals surface area (Å²) in [5, 5.41) is 10.4. The number of methoxy groups -OCH3 is 1. The van der Waals surface area contributed by atoms with Crippen molar-refractivity contribution in [1.29, 1.82) is 0 Å². The molecule has 8 nitrogen and oxygen atoms in total. The van der Waals surface area contributed by atoms with Crippen molar-refractivity contribution in [3.05, 3.63) is 57.6 Å². The fourth-order valence-corrected chi connectivity index (χ4v) is 3.37. The summed E-state index contributed by atoms with van der Waals surface area (Å²) in [6.07, 6.45) is -0.286. The van der Waals surface area contributed by atoms with Crippen molar-refractivity contribution in [2.45, 2.75) is 25.5 Å². The van der Waals surface area contributed by atoms with Gasteiger partial charge in [-0.15, -0.1) is 0 Å². The average molecular weight is 439 g/mol. The first-order valence-electron chi connectivity index (χ1n) is 9.65. The van der Waals surface area contributed by atoms with E-state index in [1.54, 1.807) is 6.07 Å². The van der Waals surface area contributed by atoms with Crippen LogP contribution in [0.2, 0.25) is 0 Å². The van der Waals surface area contributed by atoms with Crippen LogP contribution < -0.4 is 10.2 Å². The van der Waals surface area contributed by atoms with Gasteiger partial charge in [0.1, 0.15) is 11.5 Å². The molecule has 31 heavy (non-hydrogen) atoms. The number of aromatic hydroxyl groups is 1. The van der Waals surface area contributed by atoms with Crippen molar-refractivity contribution in [1.82, 2.24) is 4.90 Å². The summed E-state index contributed by atoms with van der Waals surface area (Å²) >= 11 is 0. The average Bonchev–Trinajstić information content (AvgIpc) is 2.75. The molecule has 1 saturated heterocycles. The number of hydrogen-bond donors (Lipinski definition) is 1. The molecule has 1 aliphatic heterocycles. The van der Waals surface area contributed by atoms with Crippen LogP contribution in [0.3, 0.4) is 0 Å². The fourth-order valence-electron chi connectivity index (χ4n) is 3.37. The predicted molar refractivity (Wildman–Crippen MR) is 104 cm³/mol. The van der Waals surface area contributed by atoms with Crippen molar-refractivity contribution in [3.63, 3.8) is 0 Å². The molecule has 2 aromatic rings. The smallest absolute Gasteiger partial charge is 0.387 e. The Morgan fingerprint density at radius 3 is 2.68 bits per heavy atom. The Morgan fingerprint density at radius 2 is 2.00 bits per heavy atom. The fraction of sp³-hybridized carbons (Fsp3) is 0.429. The first-order valence-corrected chi connectivity index (χ1v) is 9.65. The largest absolute Gasteiger partial charge is 0.502 e. The Kier molecular flexibility index (Phi) is 7.59. The lowest BCUT2D eigenvalue weighted by Crippen LogP contribution is -2.35. The minimum absolute atomic E-state index is 0.131. The summed E-state index contributed by atoms with van der Waals surface area (Å²) < 4.78 is 45.6. The van der Waals surface area contributed by atoms with Gasteiger partial charge in [-0.2, -0.15) is 8.78 Å². The summed E-state index contributed by atoms with van der Waals surface area (Å²) in [5.41, 5.74) is -0.329. The minimum Gasteiger partial charge on any atom is -0.502 e. The lowest BCUT2D eigenvalue weighted by atomic mass is 9.92. The number of carbonyl (C=O) groups excluding carboxylic acids is 1. The van der Waals surface area contributed by atoms with Crippen LogP contribution in [0.1, 0.15) is 29.4 Å². The molecule has 10 heteroatoms. The van der Waals surface area contributed by atoms with Crippen LogP contribution in [0.15, 0.2) is 39.5 Å². The van der Waals surface area contributed by atoms with Gasteiger partial charge in [0.2, 0.25) is 11.2 Å². The van der Waals surface area contributed by atoms with Gasteiger partial charge in [0.15, 0.2) is 5.76 Å². The van der Waals surface area contributed by atoms with E-state index in [0.29, 0.717) is 44.2 Å². The maximum atomic E-state index is 12.6. The number of carbonyl (C=O) groups is 1. The lowest BCUT2D eigenvalue weighted by Gasteiger charge is -2.26. The van der Waals surface area contributed by atoms with E-state index in [2.05, 4.69) is 4.74 Å². The van der Waals surface area contributed by atoms with Gasteiger partial charge in [-0.05, 0) is 17.7 Å². The highest BCUT2D eigenvalue weighted by atomic mass is 19.3. The second-order valence-electron chi connectivity index (χ2n) is 6.96. The van der Waals surface area contributed by atoms with E-state index in [-0.39, 0.29) is 17.9 Å². The molecular weight excluding hydrogens is 416 g/mol. The van der Waals surface area contributed by atoms with E-state index in [1.165, 1.54) is 31.4 Å². The molecule has 1 atom stereocenters. The number of rotatable bonds is 8. The number of alkyl halides is 2. The first-order chi connectivity index (χ1) is 14.9. The predicted octanol–water partition coefficient (Wildman–Crippen LogP) is 2.47. The van der Waals surface area contributed by atoms with Gasteiger partial charge in [-0.25, -0.2) is 0 Å². The van der Waals surface area contributed by atoms with Gasteiger partial charge in [0, 0.05) is 19.2 Å². The molecule has 0 radical (unpaired) electrons. The van der Waals surface area contributed by atoms with Gasteiger partial charge in [-0.3, -0.25) is 14.5 Å². The molecule has 1 aliphatic rings. The highest BCUT2D eigenvalue weighted by Gasteiger charge is 2.27. The Bertz CT molecular complexity index is 957. The van der Waals surface area contributed by atoms with Gasteiger partial charge >= 0.3 is 12.6 Å². The number of morpholine rings is 1. The van der Waals surface area contributed by atoms with Gasteiger partial charge in [0.25, 0.3) is 0 Å². The SMILES string of the molecule is COC(=O)CC(c1cccc(OC(F)F)c1)c1oc(CN2CCOCC2)cc(=O)c1O. The minimum atomic E-state index is -3.03. The van der Waals surface area contributed by atoms with E-state index in [0.717, 1.165) is 0 Å². The van der Waals surface area contributed by atoms with Gasteiger partial charge in [-0.1, -0.05) is 12.1 Å². The number of benzene rings is 1.